The van der Waals surface area contributed by atoms with Crippen LogP contribution in [0.1, 0.15) is 19.3 Å². The standard InChI is InChI=1S/C13H19ClN2O/c1-15-10-4-3-5-13(17)16(2)12-8-6-11(14)7-9-12/h6-9,15H,3-5,10H2,1-2H3. The van der Waals surface area contributed by atoms with Crippen molar-refractivity contribution in [1.29, 1.82) is 0 Å². The number of rotatable bonds is 6. The van der Waals surface area contributed by atoms with E-state index < -0.39 is 0 Å². The molecule has 1 rings (SSSR count). The molecule has 0 radical (unpaired) electrons. The fourth-order valence-electron chi connectivity index (χ4n) is 1.55. The maximum Gasteiger partial charge on any atom is 0.226 e. The summed E-state index contributed by atoms with van der Waals surface area (Å²) in [6.07, 6.45) is 2.52. The first kappa shape index (κ1) is 14.0. The summed E-state index contributed by atoms with van der Waals surface area (Å²) in [5.41, 5.74) is 0.882. The van der Waals surface area contributed by atoms with E-state index in [-0.39, 0.29) is 5.91 Å². The van der Waals surface area contributed by atoms with Gasteiger partial charge in [0.15, 0.2) is 0 Å². The van der Waals surface area contributed by atoms with E-state index >= 15 is 0 Å². The molecule has 0 saturated heterocycles. The predicted octanol–water partition coefficient (Wildman–Crippen LogP) is 2.69. The van der Waals surface area contributed by atoms with Crippen LogP contribution in [0.4, 0.5) is 5.69 Å². The molecule has 0 atom stereocenters. The number of halogens is 1. The number of hydrogen-bond donors (Lipinski definition) is 1. The van der Waals surface area contributed by atoms with Gasteiger partial charge in [0, 0.05) is 24.2 Å². The van der Waals surface area contributed by atoms with Gasteiger partial charge in [0.1, 0.15) is 0 Å². The average molecular weight is 255 g/mol. The number of unbranched alkanes of at least 4 members (excludes halogenated alkanes) is 1. The normalized spacial score (nSPS) is 10.3. The number of nitrogens with zero attached hydrogens (tertiary/aromatic N) is 1. The quantitative estimate of drug-likeness (QED) is 0.792. The zero-order valence-corrected chi connectivity index (χ0v) is 11.1. The van der Waals surface area contributed by atoms with Crippen LogP contribution in [-0.4, -0.2) is 26.5 Å². The number of anilines is 1. The van der Waals surface area contributed by atoms with Gasteiger partial charge in [0.25, 0.3) is 0 Å². The van der Waals surface area contributed by atoms with Crippen molar-refractivity contribution in [2.75, 3.05) is 25.5 Å². The maximum absolute atomic E-state index is 11.9. The Labute approximate surface area is 108 Å². The first-order chi connectivity index (χ1) is 8.15. The van der Waals surface area contributed by atoms with Gasteiger partial charge in [-0.3, -0.25) is 4.79 Å². The lowest BCUT2D eigenvalue weighted by molar-refractivity contribution is -0.118. The highest BCUT2D eigenvalue weighted by Gasteiger charge is 2.09. The van der Waals surface area contributed by atoms with Crippen molar-refractivity contribution in [3.8, 4) is 0 Å². The van der Waals surface area contributed by atoms with Crippen LogP contribution in [0.2, 0.25) is 5.02 Å². The highest BCUT2D eigenvalue weighted by atomic mass is 35.5. The Morgan fingerprint density at radius 1 is 1.29 bits per heavy atom. The summed E-state index contributed by atoms with van der Waals surface area (Å²) in [6.45, 7) is 0.956. The Balaban J connectivity index is 2.43. The lowest BCUT2D eigenvalue weighted by Gasteiger charge is -2.17. The van der Waals surface area contributed by atoms with Gasteiger partial charge in [-0.15, -0.1) is 0 Å². The van der Waals surface area contributed by atoms with E-state index in [1.165, 1.54) is 0 Å². The van der Waals surface area contributed by atoms with Gasteiger partial charge in [-0.25, -0.2) is 0 Å². The largest absolute Gasteiger partial charge is 0.320 e. The lowest BCUT2D eigenvalue weighted by atomic mass is 10.2. The second kappa shape index (κ2) is 7.30. The minimum absolute atomic E-state index is 0.142. The first-order valence-electron chi connectivity index (χ1n) is 5.82. The lowest BCUT2D eigenvalue weighted by Crippen LogP contribution is -2.26. The summed E-state index contributed by atoms with van der Waals surface area (Å²) in [4.78, 5) is 13.5. The summed E-state index contributed by atoms with van der Waals surface area (Å²) >= 11 is 5.80. The van der Waals surface area contributed by atoms with Crippen LogP contribution in [0.25, 0.3) is 0 Å². The summed E-state index contributed by atoms with van der Waals surface area (Å²) in [6, 6.07) is 7.30. The number of benzene rings is 1. The van der Waals surface area contributed by atoms with Crippen LogP contribution in [0.5, 0.6) is 0 Å². The van der Waals surface area contributed by atoms with Crippen LogP contribution in [0, 0.1) is 0 Å². The number of hydrogen-bond acceptors (Lipinski definition) is 2. The molecule has 0 bridgehead atoms. The molecule has 0 fully saturated rings. The van der Waals surface area contributed by atoms with Crippen molar-refractivity contribution in [2.45, 2.75) is 19.3 Å². The Bertz CT molecular complexity index is 351. The SMILES string of the molecule is CNCCCCC(=O)N(C)c1ccc(Cl)cc1. The van der Waals surface area contributed by atoms with Crippen LogP contribution in [0.15, 0.2) is 24.3 Å². The number of carbonyl (C=O) groups is 1. The van der Waals surface area contributed by atoms with E-state index in [1.54, 1.807) is 24.1 Å². The molecule has 94 valence electrons. The highest BCUT2D eigenvalue weighted by molar-refractivity contribution is 6.30. The summed E-state index contributed by atoms with van der Waals surface area (Å²) < 4.78 is 0. The Morgan fingerprint density at radius 2 is 1.94 bits per heavy atom. The smallest absolute Gasteiger partial charge is 0.226 e. The molecule has 0 heterocycles. The monoisotopic (exact) mass is 254 g/mol. The van der Waals surface area contributed by atoms with Crippen molar-refractivity contribution in [2.24, 2.45) is 0 Å². The molecule has 0 unspecified atom stereocenters. The minimum Gasteiger partial charge on any atom is -0.320 e. The molecule has 1 N–H and O–H groups in total. The van der Waals surface area contributed by atoms with E-state index in [4.69, 9.17) is 11.6 Å². The molecule has 3 nitrogen and oxygen atoms in total. The van der Waals surface area contributed by atoms with Crippen LogP contribution < -0.4 is 10.2 Å². The van der Waals surface area contributed by atoms with E-state index in [0.29, 0.717) is 11.4 Å². The molecule has 4 heteroatoms. The average Bonchev–Trinajstić information content (AvgIpc) is 2.34. The summed E-state index contributed by atoms with van der Waals surface area (Å²) in [5.74, 6) is 0.142. The highest BCUT2D eigenvalue weighted by Crippen LogP contribution is 2.17. The van der Waals surface area contributed by atoms with Crippen molar-refractivity contribution >= 4 is 23.2 Å². The molecule has 1 aromatic rings. The molecule has 0 aromatic heterocycles. The van der Waals surface area contributed by atoms with Gasteiger partial charge in [-0.1, -0.05) is 11.6 Å². The van der Waals surface area contributed by atoms with Crippen molar-refractivity contribution in [1.82, 2.24) is 5.32 Å². The second-order valence-electron chi connectivity index (χ2n) is 3.99. The van der Waals surface area contributed by atoms with Gasteiger partial charge in [0.05, 0.1) is 0 Å². The Hall–Kier alpha value is -1.06. The molecular weight excluding hydrogens is 236 g/mol. The predicted molar refractivity (Wildman–Crippen MR) is 72.6 cm³/mol. The van der Waals surface area contributed by atoms with Crippen LogP contribution >= 0.6 is 11.6 Å². The van der Waals surface area contributed by atoms with Gasteiger partial charge >= 0.3 is 0 Å². The fourth-order valence-corrected chi connectivity index (χ4v) is 1.68. The molecule has 1 amide bonds. The molecule has 1 aromatic carbocycles. The Kier molecular flexibility index (Phi) is 6.01. The summed E-state index contributed by atoms with van der Waals surface area (Å²) in [5, 5.41) is 3.75. The zero-order valence-electron chi connectivity index (χ0n) is 10.4. The number of nitrogens with one attached hydrogen (secondary N) is 1. The number of carbonyl (C=O) groups excluding carboxylic acids is 1. The van der Waals surface area contributed by atoms with Crippen LogP contribution in [-0.2, 0) is 4.79 Å². The first-order valence-corrected chi connectivity index (χ1v) is 6.19. The van der Waals surface area contributed by atoms with Crippen molar-refractivity contribution in [3.05, 3.63) is 29.3 Å². The fraction of sp³-hybridized carbons (Fsp3) is 0.462. The van der Waals surface area contributed by atoms with Gasteiger partial charge in [-0.2, -0.15) is 0 Å². The molecule has 17 heavy (non-hydrogen) atoms. The van der Waals surface area contributed by atoms with Gasteiger partial charge < -0.3 is 10.2 Å². The minimum atomic E-state index is 0.142. The molecule has 0 saturated carbocycles. The molecule has 0 aliphatic heterocycles. The van der Waals surface area contributed by atoms with Gasteiger partial charge in [-0.05, 0) is 50.7 Å². The molecular formula is C13H19ClN2O. The third-order valence-corrected chi connectivity index (χ3v) is 2.91. The number of amides is 1. The van der Waals surface area contributed by atoms with Crippen molar-refractivity contribution < 1.29 is 4.79 Å². The molecule has 0 aliphatic rings. The summed E-state index contributed by atoms with van der Waals surface area (Å²) in [7, 11) is 3.71. The van der Waals surface area contributed by atoms with E-state index in [9.17, 15) is 4.79 Å². The topological polar surface area (TPSA) is 32.3 Å². The Morgan fingerprint density at radius 3 is 2.53 bits per heavy atom. The van der Waals surface area contributed by atoms with E-state index in [2.05, 4.69) is 5.32 Å². The van der Waals surface area contributed by atoms with E-state index in [1.807, 2.05) is 19.2 Å². The molecule has 0 aliphatic carbocycles. The second-order valence-corrected chi connectivity index (χ2v) is 4.43. The van der Waals surface area contributed by atoms with Crippen molar-refractivity contribution in [3.63, 3.8) is 0 Å². The third kappa shape index (κ3) is 4.75. The molecule has 0 spiro atoms. The maximum atomic E-state index is 11.9. The van der Waals surface area contributed by atoms with Crippen LogP contribution in [0.3, 0.4) is 0 Å². The van der Waals surface area contributed by atoms with E-state index in [0.717, 1.165) is 25.1 Å². The third-order valence-electron chi connectivity index (χ3n) is 2.66. The zero-order chi connectivity index (χ0) is 12.7. The van der Waals surface area contributed by atoms with Gasteiger partial charge in [0.2, 0.25) is 5.91 Å².